The van der Waals surface area contributed by atoms with Gasteiger partial charge in [0.25, 0.3) is 11.6 Å². The van der Waals surface area contributed by atoms with Crippen molar-refractivity contribution in [3.8, 4) is 0 Å². The second kappa shape index (κ2) is 5.31. The summed E-state index contributed by atoms with van der Waals surface area (Å²) in [6.45, 7) is 0. The number of aromatic nitrogens is 1. The molecule has 0 saturated carbocycles. The molecular weight excluding hydrogens is 267 g/mol. The lowest BCUT2D eigenvalue weighted by atomic mass is 10.2. The van der Waals surface area contributed by atoms with Crippen LogP contribution in [0.1, 0.15) is 10.4 Å². The number of nitrogens with one attached hydrogen (secondary N) is 1. The Bertz CT molecular complexity index is 673. The van der Waals surface area contributed by atoms with Gasteiger partial charge in [0.2, 0.25) is 0 Å². The van der Waals surface area contributed by atoms with E-state index in [-0.39, 0.29) is 11.4 Å². The Labute approximate surface area is 112 Å². The van der Waals surface area contributed by atoms with E-state index in [4.69, 9.17) is 5.73 Å². The Kier molecular flexibility index (Phi) is 3.56. The summed E-state index contributed by atoms with van der Waals surface area (Å²) in [7, 11) is 0. The number of hydrogen-bond donors (Lipinski definition) is 2. The highest BCUT2D eigenvalue weighted by Crippen LogP contribution is 2.20. The molecule has 0 bridgehead atoms. The standard InChI is InChI=1S/C12H9FN4O3/c13-7-1-3-8(4-2-7)16-12(18)9-5-11(14)15-6-10(9)17(19)20/h1-6H,(H2,14,15)(H,16,18). The van der Waals surface area contributed by atoms with E-state index in [2.05, 4.69) is 10.3 Å². The molecule has 1 aromatic heterocycles. The summed E-state index contributed by atoms with van der Waals surface area (Å²) in [5.41, 5.74) is 5.05. The molecule has 1 aromatic carbocycles. The summed E-state index contributed by atoms with van der Waals surface area (Å²) >= 11 is 0. The van der Waals surface area contributed by atoms with Gasteiger partial charge in [-0.05, 0) is 30.3 Å². The molecule has 3 N–H and O–H groups in total. The quantitative estimate of drug-likeness (QED) is 0.657. The summed E-state index contributed by atoms with van der Waals surface area (Å²) in [5.74, 6) is -1.20. The molecule has 0 unspecified atom stereocenters. The van der Waals surface area contributed by atoms with Crippen LogP contribution in [0.15, 0.2) is 36.5 Å². The summed E-state index contributed by atoms with van der Waals surface area (Å²) in [6, 6.07) is 6.10. The van der Waals surface area contributed by atoms with Crippen LogP contribution >= 0.6 is 0 Å². The van der Waals surface area contributed by atoms with Crippen molar-refractivity contribution in [1.82, 2.24) is 4.98 Å². The van der Waals surface area contributed by atoms with Crippen LogP contribution in [0, 0.1) is 15.9 Å². The second-order valence-electron chi connectivity index (χ2n) is 3.84. The maximum absolute atomic E-state index is 12.7. The largest absolute Gasteiger partial charge is 0.384 e. The molecule has 20 heavy (non-hydrogen) atoms. The molecule has 0 aliphatic carbocycles. The SMILES string of the molecule is Nc1cc(C(=O)Nc2ccc(F)cc2)c([N+](=O)[O-])cn1. The van der Waals surface area contributed by atoms with Gasteiger partial charge < -0.3 is 11.1 Å². The van der Waals surface area contributed by atoms with Gasteiger partial charge in [-0.2, -0.15) is 0 Å². The van der Waals surface area contributed by atoms with E-state index in [1.807, 2.05) is 0 Å². The fourth-order valence-electron chi connectivity index (χ4n) is 1.52. The number of anilines is 2. The topological polar surface area (TPSA) is 111 Å². The normalized spacial score (nSPS) is 10.1. The third kappa shape index (κ3) is 2.86. The smallest absolute Gasteiger partial charge is 0.300 e. The maximum Gasteiger partial charge on any atom is 0.300 e. The number of pyridine rings is 1. The fourth-order valence-corrected chi connectivity index (χ4v) is 1.52. The molecule has 7 nitrogen and oxygen atoms in total. The van der Waals surface area contributed by atoms with Crippen molar-refractivity contribution in [2.45, 2.75) is 0 Å². The molecule has 1 heterocycles. The predicted molar refractivity (Wildman–Crippen MR) is 69.7 cm³/mol. The van der Waals surface area contributed by atoms with Gasteiger partial charge in [0, 0.05) is 5.69 Å². The van der Waals surface area contributed by atoms with E-state index < -0.39 is 22.3 Å². The van der Waals surface area contributed by atoms with Crippen LogP contribution in [-0.2, 0) is 0 Å². The van der Waals surface area contributed by atoms with Crippen molar-refractivity contribution < 1.29 is 14.1 Å². The van der Waals surface area contributed by atoms with Crippen LogP contribution in [-0.4, -0.2) is 15.8 Å². The van der Waals surface area contributed by atoms with Crippen molar-refractivity contribution in [2.24, 2.45) is 0 Å². The number of nitro groups is 1. The monoisotopic (exact) mass is 276 g/mol. The number of carbonyl (C=O) groups excluding carboxylic acids is 1. The van der Waals surface area contributed by atoms with Gasteiger partial charge in [0.1, 0.15) is 23.4 Å². The predicted octanol–water partition coefficient (Wildman–Crippen LogP) is 1.96. The van der Waals surface area contributed by atoms with Crippen LogP contribution < -0.4 is 11.1 Å². The first-order valence-electron chi connectivity index (χ1n) is 5.44. The van der Waals surface area contributed by atoms with Gasteiger partial charge in [-0.3, -0.25) is 14.9 Å². The Balaban J connectivity index is 2.31. The van der Waals surface area contributed by atoms with Gasteiger partial charge in [-0.1, -0.05) is 0 Å². The lowest BCUT2D eigenvalue weighted by Gasteiger charge is -2.06. The minimum absolute atomic E-state index is 0.0140. The first-order chi connectivity index (χ1) is 9.47. The van der Waals surface area contributed by atoms with Crippen molar-refractivity contribution in [3.05, 3.63) is 58.0 Å². The van der Waals surface area contributed by atoms with Crippen LogP contribution in [0.25, 0.3) is 0 Å². The van der Waals surface area contributed by atoms with Crippen molar-refractivity contribution in [3.63, 3.8) is 0 Å². The Morgan fingerprint density at radius 3 is 2.60 bits per heavy atom. The highest BCUT2D eigenvalue weighted by Gasteiger charge is 2.21. The minimum atomic E-state index is -0.730. The fraction of sp³-hybridized carbons (Fsp3) is 0. The highest BCUT2D eigenvalue weighted by molar-refractivity contribution is 6.07. The first-order valence-corrected chi connectivity index (χ1v) is 5.44. The molecule has 2 rings (SSSR count). The van der Waals surface area contributed by atoms with E-state index in [0.29, 0.717) is 5.69 Å². The number of halogens is 1. The van der Waals surface area contributed by atoms with E-state index in [0.717, 1.165) is 24.4 Å². The van der Waals surface area contributed by atoms with E-state index in [9.17, 15) is 19.3 Å². The molecule has 2 aromatic rings. The van der Waals surface area contributed by atoms with E-state index in [1.54, 1.807) is 0 Å². The van der Waals surface area contributed by atoms with E-state index in [1.165, 1.54) is 12.1 Å². The average Bonchev–Trinajstić information content (AvgIpc) is 2.41. The molecule has 0 aliphatic heterocycles. The highest BCUT2D eigenvalue weighted by atomic mass is 19.1. The number of nitrogen functional groups attached to an aromatic ring is 1. The lowest BCUT2D eigenvalue weighted by Crippen LogP contribution is -2.14. The molecule has 0 saturated heterocycles. The number of amides is 1. The van der Waals surface area contributed by atoms with Crippen molar-refractivity contribution in [2.75, 3.05) is 11.1 Å². The number of nitrogens with two attached hydrogens (primary N) is 1. The summed E-state index contributed by atoms with van der Waals surface area (Å²) in [6.07, 6.45) is 0.912. The molecule has 102 valence electrons. The molecule has 0 fully saturated rings. The molecule has 0 spiro atoms. The van der Waals surface area contributed by atoms with Crippen molar-refractivity contribution in [1.29, 1.82) is 0 Å². The molecular formula is C12H9FN4O3. The number of nitrogens with zero attached hydrogens (tertiary/aromatic N) is 2. The van der Waals surface area contributed by atoms with E-state index >= 15 is 0 Å². The molecule has 0 radical (unpaired) electrons. The lowest BCUT2D eigenvalue weighted by molar-refractivity contribution is -0.385. The van der Waals surface area contributed by atoms with Crippen LogP contribution in [0.5, 0.6) is 0 Å². The van der Waals surface area contributed by atoms with Crippen molar-refractivity contribution >= 4 is 23.1 Å². The van der Waals surface area contributed by atoms with Gasteiger partial charge in [0.05, 0.1) is 4.92 Å². The Hall–Kier alpha value is -3.03. The van der Waals surface area contributed by atoms with Crippen LogP contribution in [0.4, 0.5) is 21.6 Å². The zero-order valence-electron chi connectivity index (χ0n) is 10.0. The third-order valence-electron chi connectivity index (χ3n) is 2.45. The second-order valence-corrected chi connectivity index (χ2v) is 3.84. The third-order valence-corrected chi connectivity index (χ3v) is 2.45. The Morgan fingerprint density at radius 2 is 2.00 bits per heavy atom. The zero-order valence-corrected chi connectivity index (χ0v) is 10.0. The minimum Gasteiger partial charge on any atom is -0.384 e. The molecule has 8 heteroatoms. The summed E-state index contributed by atoms with van der Waals surface area (Å²) in [5, 5.41) is 13.2. The molecule has 1 amide bonds. The summed E-state index contributed by atoms with van der Waals surface area (Å²) in [4.78, 5) is 25.7. The van der Waals surface area contributed by atoms with Crippen LogP contribution in [0.3, 0.4) is 0 Å². The maximum atomic E-state index is 12.7. The van der Waals surface area contributed by atoms with Gasteiger partial charge in [0.15, 0.2) is 0 Å². The number of hydrogen-bond acceptors (Lipinski definition) is 5. The molecule has 0 aliphatic rings. The van der Waals surface area contributed by atoms with Gasteiger partial charge in [-0.25, -0.2) is 9.37 Å². The first kappa shape index (κ1) is 13.4. The summed E-state index contributed by atoms with van der Waals surface area (Å²) < 4.78 is 12.7. The van der Waals surface area contributed by atoms with Gasteiger partial charge >= 0.3 is 0 Å². The number of carbonyl (C=O) groups is 1. The zero-order chi connectivity index (χ0) is 14.7. The van der Waals surface area contributed by atoms with Crippen LogP contribution in [0.2, 0.25) is 0 Å². The van der Waals surface area contributed by atoms with Gasteiger partial charge in [-0.15, -0.1) is 0 Å². The Morgan fingerprint density at radius 1 is 1.35 bits per heavy atom. The molecule has 0 atom stereocenters. The number of rotatable bonds is 3. The average molecular weight is 276 g/mol. The number of benzene rings is 1.